The number of hydrogen-bond donors (Lipinski definition) is 2. The number of carbonyl (C=O) groups is 2. The smallest absolute Gasteiger partial charge is 0.319 e. The molecule has 3 amide bonds. The Balaban J connectivity index is 1.26. The lowest BCUT2D eigenvalue weighted by Crippen LogP contribution is -2.44. The summed E-state index contributed by atoms with van der Waals surface area (Å²) in [5.41, 5.74) is 0.864. The number of anilines is 1. The lowest BCUT2D eigenvalue weighted by molar-refractivity contribution is -0.133. The Hall–Kier alpha value is -3.75. The Morgan fingerprint density at radius 3 is 2.85 bits per heavy atom. The van der Waals surface area contributed by atoms with E-state index in [0.29, 0.717) is 36.2 Å². The third-order valence-electron chi connectivity index (χ3n) is 5.80. The van der Waals surface area contributed by atoms with E-state index in [2.05, 4.69) is 15.6 Å². The molecule has 1 aliphatic rings. The van der Waals surface area contributed by atoms with Gasteiger partial charge in [-0.15, -0.1) is 0 Å². The molecule has 2 heterocycles. The zero-order chi connectivity index (χ0) is 23.2. The van der Waals surface area contributed by atoms with Gasteiger partial charge in [-0.3, -0.25) is 14.2 Å². The van der Waals surface area contributed by atoms with Gasteiger partial charge in [0.15, 0.2) is 0 Å². The second kappa shape index (κ2) is 10.2. The SMILES string of the molecule is O=C(NCC1CCCN(C(=O)CCn2cnc3ccccc3c2=O)C1)Nc1cccc(F)c1. The van der Waals surface area contributed by atoms with Gasteiger partial charge in [0, 0.05) is 38.3 Å². The van der Waals surface area contributed by atoms with E-state index in [0.717, 1.165) is 12.8 Å². The van der Waals surface area contributed by atoms with Crippen LogP contribution in [0.4, 0.5) is 14.9 Å². The van der Waals surface area contributed by atoms with Crippen LogP contribution in [-0.4, -0.2) is 46.0 Å². The molecule has 0 radical (unpaired) electrons. The summed E-state index contributed by atoms with van der Waals surface area (Å²) in [6.07, 6.45) is 3.44. The van der Waals surface area contributed by atoms with Crippen molar-refractivity contribution >= 4 is 28.5 Å². The van der Waals surface area contributed by atoms with Gasteiger partial charge in [0.05, 0.1) is 17.2 Å². The maximum atomic E-state index is 13.2. The molecular formula is C24H26FN5O3. The standard InChI is InChI=1S/C24H26FN5O3/c25-18-6-3-7-19(13-18)28-24(33)26-14-17-5-4-11-29(15-17)22(31)10-12-30-16-27-21-9-2-1-8-20(21)23(30)32/h1-3,6-9,13,16-17H,4-5,10-12,14-15H2,(H2,26,28,33). The van der Waals surface area contributed by atoms with Crippen molar-refractivity contribution in [3.05, 3.63) is 71.0 Å². The van der Waals surface area contributed by atoms with Crippen LogP contribution in [0, 0.1) is 11.7 Å². The number of benzene rings is 2. The van der Waals surface area contributed by atoms with Crippen molar-refractivity contribution in [3.8, 4) is 0 Å². The fraction of sp³-hybridized carbons (Fsp3) is 0.333. The lowest BCUT2D eigenvalue weighted by atomic mass is 9.97. The topological polar surface area (TPSA) is 96.3 Å². The monoisotopic (exact) mass is 451 g/mol. The number of hydrogen-bond acceptors (Lipinski definition) is 4. The first-order valence-corrected chi connectivity index (χ1v) is 11.0. The third-order valence-corrected chi connectivity index (χ3v) is 5.80. The molecule has 1 fully saturated rings. The first-order valence-electron chi connectivity index (χ1n) is 11.0. The number of aromatic nitrogens is 2. The summed E-state index contributed by atoms with van der Waals surface area (Å²) >= 11 is 0. The Bertz CT molecular complexity index is 1210. The minimum Gasteiger partial charge on any atom is -0.342 e. The van der Waals surface area contributed by atoms with Gasteiger partial charge in [0.1, 0.15) is 5.82 Å². The molecule has 2 aromatic carbocycles. The van der Waals surface area contributed by atoms with Crippen LogP contribution in [0.2, 0.25) is 0 Å². The highest BCUT2D eigenvalue weighted by Crippen LogP contribution is 2.17. The van der Waals surface area contributed by atoms with Crippen molar-refractivity contribution < 1.29 is 14.0 Å². The van der Waals surface area contributed by atoms with Crippen molar-refractivity contribution in [3.63, 3.8) is 0 Å². The Morgan fingerprint density at radius 2 is 2.00 bits per heavy atom. The van der Waals surface area contributed by atoms with Gasteiger partial charge >= 0.3 is 6.03 Å². The molecule has 1 atom stereocenters. The lowest BCUT2D eigenvalue weighted by Gasteiger charge is -2.33. The third kappa shape index (κ3) is 5.74. The molecular weight excluding hydrogens is 425 g/mol. The van der Waals surface area contributed by atoms with E-state index in [1.54, 1.807) is 29.2 Å². The zero-order valence-corrected chi connectivity index (χ0v) is 18.2. The van der Waals surface area contributed by atoms with Crippen molar-refractivity contribution in [2.45, 2.75) is 25.8 Å². The zero-order valence-electron chi connectivity index (χ0n) is 18.2. The van der Waals surface area contributed by atoms with Crippen LogP contribution in [0.25, 0.3) is 10.9 Å². The van der Waals surface area contributed by atoms with E-state index >= 15 is 0 Å². The fourth-order valence-corrected chi connectivity index (χ4v) is 4.08. The Kier molecular flexibility index (Phi) is 6.97. The van der Waals surface area contributed by atoms with Crippen molar-refractivity contribution in [2.75, 3.05) is 25.0 Å². The second-order valence-electron chi connectivity index (χ2n) is 8.20. The largest absolute Gasteiger partial charge is 0.342 e. The molecule has 4 rings (SSSR count). The average Bonchev–Trinajstić information content (AvgIpc) is 2.82. The summed E-state index contributed by atoms with van der Waals surface area (Å²) in [4.78, 5) is 43.5. The van der Waals surface area contributed by atoms with E-state index in [-0.39, 0.29) is 30.3 Å². The summed E-state index contributed by atoms with van der Waals surface area (Å²) in [7, 11) is 0. The number of para-hydroxylation sites is 1. The highest BCUT2D eigenvalue weighted by Gasteiger charge is 2.24. The predicted octanol–water partition coefficient (Wildman–Crippen LogP) is 2.99. The van der Waals surface area contributed by atoms with Crippen LogP contribution in [0.15, 0.2) is 59.7 Å². The highest BCUT2D eigenvalue weighted by atomic mass is 19.1. The van der Waals surface area contributed by atoms with Crippen LogP contribution in [0.5, 0.6) is 0 Å². The van der Waals surface area contributed by atoms with Crippen LogP contribution in [-0.2, 0) is 11.3 Å². The van der Waals surface area contributed by atoms with Gasteiger partial charge < -0.3 is 15.5 Å². The molecule has 33 heavy (non-hydrogen) atoms. The van der Waals surface area contributed by atoms with Gasteiger partial charge in [-0.25, -0.2) is 14.2 Å². The molecule has 1 unspecified atom stereocenters. The minimum absolute atomic E-state index is 0.0241. The van der Waals surface area contributed by atoms with Gasteiger partial charge in [-0.2, -0.15) is 0 Å². The molecule has 0 saturated carbocycles. The number of urea groups is 1. The first kappa shape index (κ1) is 22.4. The molecule has 3 aromatic rings. The van der Waals surface area contributed by atoms with E-state index in [9.17, 15) is 18.8 Å². The molecule has 2 N–H and O–H groups in total. The van der Waals surface area contributed by atoms with E-state index in [1.165, 1.54) is 29.1 Å². The average molecular weight is 452 g/mol. The number of amides is 3. The normalized spacial score (nSPS) is 15.9. The molecule has 0 spiro atoms. The van der Waals surface area contributed by atoms with Crippen molar-refractivity contribution in [2.24, 2.45) is 5.92 Å². The number of nitrogens with zero attached hydrogens (tertiary/aromatic N) is 3. The summed E-state index contributed by atoms with van der Waals surface area (Å²) in [5, 5.41) is 5.94. The number of nitrogens with one attached hydrogen (secondary N) is 2. The van der Waals surface area contributed by atoms with Crippen LogP contribution in [0.1, 0.15) is 19.3 Å². The van der Waals surface area contributed by atoms with Gasteiger partial charge in [-0.1, -0.05) is 18.2 Å². The van der Waals surface area contributed by atoms with E-state index in [1.807, 2.05) is 6.07 Å². The molecule has 9 heteroatoms. The molecule has 0 aliphatic carbocycles. The van der Waals surface area contributed by atoms with Crippen LogP contribution >= 0.6 is 0 Å². The van der Waals surface area contributed by atoms with Crippen molar-refractivity contribution in [1.82, 2.24) is 19.8 Å². The van der Waals surface area contributed by atoms with Gasteiger partial charge in [0.2, 0.25) is 5.91 Å². The molecule has 172 valence electrons. The number of piperidine rings is 1. The number of aryl methyl sites for hydroxylation is 1. The maximum absolute atomic E-state index is 13.2. The van der Waals surface area contributed by atoms with Gasteiger partial charge in [-0.05, 0) is 49.1 Å². The number of fused-ring (bicyclic) bond motifs is 1. The maximum Gasteiger partial charge on any atom is 0.319 e. The molecule has 1 aliphatic heterocycles. The number of carbonyl (C=O) groups excluding carboxylic acids is 2. The molecule has 8 nitrogen and oxygen atoms in total. The molecule has 1 saturated heterocycles. The van der Waals surface area contributed by atoms with Crippen LogP contribution in [0.3, 0.4) is 0 Å². The van der Waals surface area contributed by atoms with E-state index in [4.69, 9.17) is 0 Å². The summed E-state index contributed by atoms with van der Waals surface area (Å²) < 4.78 is 14.7. The Labute approximate surface area is 190 Å². The predicted molar refractivity (Wildman–Crippen MR) is 123 cm³/mol. The van der Waals surface area contributed by atoms with Crippen LogP contribution < -0.4 is 16.2 Å². The first-order chi connectivity index (χ1) is 16.0. The van der Waals surface area contributed by atoms with Crippen molar-refractivity contribution in [1.29, 1.82) is 0 Å². The summed E-state index contributed by atoms with van der Waals surface area (Å²) in [6.45, 7) is 1.89. The number of halogens is 1. The number of rotatable bonds is 6. The molecule has 0 bridgehead atoms. The fourth-order valence-electron chi connectivity index (χ4n) is 4.08. The molecule has 1 aromatic heterocycles. The van der Waals surface area contributed by atoms with E-state index < -0.39 is 11.8 Å². The summed E-state index contributed by atoms with van der Waals surface area (Å²) in [6, 6.07) is 12.4. The van der Waals surface area contributed by atoms with Gasteiger partial charge in [0.25, 0.3) is 5.56 Å². The quantitative estimate of drug-likeness (QED) is 0.602. The second-order valence-corrected chi connectivity index (χ2v) is 8.20. The number of likely N-dealkylation sites (tertiary alicyclic amines) is 1. The summed E-state index contributed by atoms with van der Waals surface area (Å²) in [5.74, 6) is -0.314. The Morgan fingerprint density at radius 1 is 1.15 bits per heavy atom. The highest BCUT2D eigenvalue weighted by molar-refractivity contribution is 5.89. The minimum atomic E-state index is -0.420.